The molecule has 2 atom stereocenters. The average molecular weight is 523 g/mol. The van der Waals surface area contributed by atoms with Crippen LogP contribution in [-0.4, -0.2) is 37.0 Å². The highest BCUT2D eigenvalue weighted by Crippen LogP contribution is 2.44. The SMILES string of the molecule is CC1Cc2cc(/C(O)=C3/C(=O)C(=O)N(c4ccc(C(F)(F)F)cc4)C3c3ccc(N(C)C)cc3)ccc2O1. The molecule has 2 aliphatic rings. The van der Waals surface area contributed by atoms with Gasteiger partial charge in [0.05, 0.1) is 17.2 Å². The number of rotatable bonds is 4. The van der Waals surface area contributed by atoms with Gasteiger partial charge in [0, 0.05) is 37.5 Å². The van der Waals surface area contributed by atoms with Crippen LogP contribution in [0.25, 0.3) is 5.76 Å². The predicted molar refractivity (Wildman–Crippen MR) is 137 cm³/mol. The maximum absolute atomic E-state index is 13.4. The lowest BCUT2D eigenvalue weighted by Gasteiger charge is -2.26. The monoisotopic (exact) mass is 522 g/mol. The molecule has 38 heavy (non-hydrogen) atoms. The second kappa shape index (κ2) is 9.24. The van der Waals surface area contributed by atoms with E-state index in [0.29, 0.717) is 23.3 Å². The number of fused-ring (bicyclic) bond motifs is 1. The smallest absolute Gasteiger partial charge is 0.416 e. The third-order valence-electron chi connectivity index (χ3n) is 6.81. The Bertz CT molecular complexity index is 1440. The van der Waals surface area contributed by atoms with Crippen LogP contribution in [0.3, 0.4) is 0 Å². The Labute approximate surface area is 217 Å². The minimum absolute atomic E-state index is 0.0251. The fourth-order valence-corrected chi connectivity index (χ4v) is 4.90. The molecule has 3 aromatic rings. The first-order valence-corrected chi connectivity index (χ1v) is 12.0. The van der Waals surface area contributed by atoms with Gasteiger partial charge in [-0.2, -0.15) is 13.2 Å². The summed E-state index contributed by atoms with van der Waals surface area (Å²) in [6, 6.07) is 15.1. The molecule has 1 N–H and O–H groups in total. The van der Waals surface area contributed by atoms with Crippen LogP contribution in [0.2, 0.25) is 0 Å². The van der Waals surface area contributed by atoms with Crippen molar-refractivity contribution < 1.29 is 32.6 Å². The molecule has 0 spiro atoms. The maximum atomic E-state index is 13.4. The molecular formula is C29H25F3N2O4. The summed E-state index contributed by atoms with van der Waals surface area (Å²) < 4.78 is 45.2. The van der Waals surface area contributed by atoms with E-state index in [-0.39, 0.29) is 23.1 Å². The number of alkyl halides is 3. The van der Waals surface area contributed by atoms with Gasteiger partial charge in [0.2, 0.25) is 0 Å². The Kier molecular flexibility index (Phi) is 6.17. The second-order valence-electron chi connectivity index (χ2n) is 9.65. The van der Waals surface area contributed by atoms with Gasteiger partial charge in [0.15, 0.2) is 0 Å². The molecule has 0 radical (unpaired) electrons. The van der Waals surface area contributed by atoms with E-state index in [1.807, 2.05) is 25.9 Å². The van der Waals surface area contributed by atoms with E-state index >= 15 is 0 Å². The van der Waals surface area contributed by atoms with E-state index < -0.39 is 29.5 Å². The molecule has 196 valence electrons. The summed E-state index contributed by atoms with van der Waals surface area (Å²) >= 11 is 0. The van der Waals surface area contributed by atoms with Gasteiger partial charge >= 0.3 is 6.18 Å². The van der Waals surface area contributed by atoms with E-state index in [0.717, 1.165) is 40.4 Å². The fourth-order valence-electron chi connectivity index (χ4n) is 4.90. The van der Waals surface area contributed by atoms with Crippen LogP contribution in [0.4, 0.5) is 24.5 Å². The summed E-state index contributed by atoms with van der Waals surface area (Å²) in [5.41, 5.74) is 1.70. The molecule has 2 heterocycles. The Morgan fingerprint density at radius 3 is 2.26 bits per heavy atom. The average Bonchev–Trinajstić information content (AvgIpc) is 3.38. The van der Waals surface area contributed by atoms with Crippen molar-refractivity contribution in [2.75, 3.05) is 23.9 Å². The van der Waals surface area contributed by atoms with Crippen molar-refractivity contribution in [1.82, 2.24) is 0 Å². The van der Waals surface area contributed by atoms with Gasteiger partial charge in [-0.15, -0.1) is 0 Å². The summed E-state index contributed by atoms with van der Waals surface area (Å²) in [5, 5.41) is 11.4. The number of ketones is 1. The van der Waals surface area contributed by atoms with Gasteiger partial charge in [-0.3, -0.25) is 14.5 Å². The van der Waals surface area contributed by atoms with Crippen molar-refractivity contribution in [1.29, 1.82) is 0 Å². The quantitative estimate of drug-likeness (QED) is 0.270. The largest absolute Gasteiger partial charge is 0.507 e. The summed E-state index contributed by atoms with van der Waals surface area (Å²) in [4.78, 5) is 29.7. The number of halogens is 3. The van der Waals surface area contributed by atoms with E-state index in [1.54, 1.807) is 42.5 Å². The zero-order valence-electron chi connectivity index (χ0n) is 20.9. The summed E-state index contributed by atoms with van der Waals surface area (Å²) in [6.07, 6.45) is -3.95. The van der Waals surface area contributed by atoms with Gasteiger partial charge in [0.1, 0.15) is 17.6 Å². The van der Waals surface area contributed by atoms with Gasteiger partial charge in [-0.25, -0.2) is 0 Å². The number of benzene rings is 3. The highest BCUT2D eigenvalue weighted by atomic mass is 19.4. The molecule has 2 unspecified atom stereocenters. The van der Waals surface area contributed by atoms with Crippen molar-refractivity contribution >= 4 is 28.8 Å². The van der Waals surface area contributed by atoms with Gasteiger partial charge in [-0.05, 0) is 72.6 Å². The number of carbonyl (C=O) groups excluding carboxylic acids is 2. The van der Waals surface area contributed by atoms with E-state index in [9.17, 15) is 27.9 Å². The molecule has 6 nitrogen and oxygen atoms in total. The first-order chi connectivity index (χ1) is 18.0. The molecule has 1 fully saturated rings. The molecule has 1 amide bonds. The molecule has 5 rings (SSSR count). The molecule has 3 aromatic carbocycles. The molecule has 0 aliphatic carbocycles. The minimum atomic E-state index is -4.55. The number of carbonyl (C=O) groups is 2. The second-order valence-corrected chi connectivity index (χ2v) is 9.65. The molecule has 0 bridgehead atoms. The first kappa shape index (κ1) is 25.4. The van der Waals surface area contributed by atoms with Gasteiger partial charge < -0.3 is 14.7 Å². The van der Waals surface area contributed by atoms with Crippen LogP contribution >= 0.6 is 0 Å². The Morgan fingerprint density at radius 2 is 1.66 bits per heavy atom. The summed E-state index contributed by atoms with van der Waals surface area (Å²) in [7, 11) is 3.73. The zero-order chi connectivity index (χ0) is 27.4. The minimum Gasteiger partial charge on any atom is -0.507 e. The van der Waals surface area contributed by atoms with E-state index in [1.165, 1.54) is 0 Å². The number of Topliss-reactive ketones (excluding diaryl/α,β-unsaturated/α-hetero) is 1. The highest BCUT2D eigenvalue weighted by Gasteiger charge is 2.47. The molecule has 2 aliphatic heterocycles. The molecule has 9 heteroatoms. The molecule has 0 saturated carbocycles. The highest BCUT2D eigenvalue weighted by molar-refractivity contribution is 6.51. The molecule has 0 aromatic heterocycles. The lowest BCUT2D eigenvalue weighted by molar-refractivity contribution is -0.137. The van der Waals surface area contributed by atoms with Gasteiger partial charge in [0.25, 0.3) is 11.7 Å². The number of amides is 1. The lowest BCUT2D eigenvalue weighted by atomic mass is 9.94. The van der Waals surface area contributed by atoms with Crippen LogP contribution in [0, 0.1) is 0 Å². The van der Waals surface area contributed by atoms with E-state index in [2.05, 4.69) is 0 Å². The Morgan fingerprint density at radius 1 is 1.00 bits per heavy atom. The molecular weight excluding hydrogens is 497 g/mol. The number of ether oxygens (including phenoxy) is 1. The lowest BCUT2D eigenvalue weighted by Crippen LogP contribution is -2.29. The van der Waals surface area contributed by atoms with Gasteiger partial charge in [-0.1, -0.05) is 12.1 Å². The Balaban J connectivity index is 1.65. The van der Waals surface area contributed by atoms with Crippen LogP contribution in [0.5, 0.6) is 5.75 Å². The number of hydrogen-bond acceptors (Lipinski definition) is 5. The van der Waals surface area contributed by atoms with Crippen molar-refractivity contribution in [3.05, 3.63) is 94.6 Å². The Hall–Kier alpha value is -4.27. The maximum Gasteiger partial charge on any atom is 0.416 e. The van der Waals surface area contributed by atoms with Crippen molar-refractivity contribution in [2.45, 2.75) is 31.7 Å². The number of hydrogen-bond donors (Lipinski definition) is 1. The van der Waals surface area contributed by atoms with E-state index in [4.69, 9.17) is 4.74 Å². The number of aliphatic hydroxyl groups excluding tert-OH is 1. The zero-order valence-corrected chi connectivity index (χ0v) is 20.9. The predicted octanol–water partition coefficient (Wildman–Crippen LogP) is 5.72. The summed E-state index contributed by atoms with van der Waals surface area (Å²) in [6.45, 7) is 1.92. The fraction of sp³-hybridized carbons (Fsp3) is 0.241. The topological polar surface area (TPSA) is 70.1 Å². The summed E-state index contributed by atoms with van der Waals surface area (Å²) in [5.74, 6) is -1.53. The van der Waals surface area contributed by atoms with Crippen LogP contribution in [0.15, 0.2) is 72.3 Å². The number of anilines is 2. The van der Waals surface area contributed by atoms with Crippen LogP contribution in [-0.2, 0) is 22.2 Å². The first-order valence-electron chi connectivity index (χ1n) is 12.0. The molecule has 1 saturated heterocycles. The number of aliphatic hydroxyl groups is 1. The van der Waals surface area contributed by atoms with Crippen molar-refractivity contribution in [3.63, 3.8) is 0 Å². The standard InChI is InChI=1S/C29H25F3N2O4/c1-16-14-19-15-18(6-13-23(19)38-16)26(35)24-25(17-4-9-21(10-5-17)33(2)3)34(28(37)27(24)36)22-11-7-20(8-12-22)29(30,31)32/h4-13,15-16,25,35H,14H2,1-3H3/b26-24-. The van der Waals surface area contributed by atoms with Crippen molar-refractivity contribution in [2.24, 2.45) is 0 Å². The number of nitrogens with zero attached hydrogens (tertiary/aromatic N) is 2. The van der Waals surface area contributed by atoms with Crippen LogP contribution in [0.1, 0.15) is 35.2 Å². The van der Waals surface area contributed by atoms with Crippen molar-refractivity contribution in [3.8, 4) is 5.75 Å². The third kappa shape index (κ3) is 4.38. The van der Waals surface area contributed by atoms with Crippen LogP contribution < -0.4 is 14.5 Å². The third-order valence-corrected chi connectivity index (χ3v) is 6.81. The normalized spacial score (nSPS) is 20.4.